The van der Waals surface area contributed by atoms with Gasteiger partial charge in [0, 0.05) is 10.3 Å². The maximum atomic E-state index is 3.66. The average molecular weight is 162 g/mol. The fourth-order valence-corrected chi connectivity index (χ4v) is 2.39. The molecule has 0 aromatic carbocycles. The summed E-state index contributed by atoms with van der Waals surface area (Å²) in [7, 11) is 0. The van der Waals surface area contributed by atoms with E-state index in [9.17, 15) is 0 Å². The van der Waals surface area contributed by atoms with Gasteiger partial charge in [0.2, 0.25) is 0 Å². The molecule has 0 rings (SSSR count). The van der Waals surface area contributed by atoms with Crippen LogP contribution in [-0.2, 0) is 0 Å². The first kappa shape index (κ1) is 9.44. The molecule has 0 saturated heterocycles. The lowest BCUT2D eigenvalue weighted by Crippen LogP contribution is -1.89. The van der Waals surface area contributed by atoms with Crippen molar-refractivity contribution in [3.05, 3.63) is 12.7 Å². The molecule has 0 amide bonds. The lowest BCUT2D eigenvalue weighted by atomic mass is 10.8. The van der Waals surface area contributed by atoms with Crippen LogP contribution in [0.4, 0.5) is 0 Å². The van der Waals surface area contributed by atoms with Crippen LogP contribution in [0.3, 0.4) is 0 Å². The third-order valence-corrected chi connectivity index (χ3v) is 3.37. The van der Waals surface area contributed by atoms with Gasteiger partial charge in [-0.2, -0.15) is 0 Å². The van der Waals surface area contributed by atoms with Gasteiger partial charge in [-0.1, -0.05) is 13.0 Å². The molecular weight excluding hydrogens is 148 g/mol. The van der Waals surface area contributed by atoms with E-state index in [0.717, 1.165) is 10.3 Å². The Morgan fingerprint density at radius 2 is 2.22 bits per heavy atom. The molecule has 2 heteroatoms. The highest BCUT2D eigenvalue weighted by atomic mass is 32.2. The Balaban J connectivity index is 3.04. The second-order valence-electron chi connectivity index (χ2n) is 1.64. The van der Waals surface area contributed by atoms with Gasteiger partial charge in [-0.15, -0.1) is 30.1 Å². The molecule has 0 N–H and O–H groups in total. The van der Waals surface area contributed by atoms with Crippen molar-refractivity contribution in [2.75, 3.05) is 11.5 Å². The van der Waals surface area contributed by atoms with Gasteiger partial charge in [-0.05, 0) is 12.7 Å². The van der Waals surface area contributed by atoms with Crippen molar-refractivity contribution in [3.8, 4) is 0 Å². The van der Waals surface area contributed by atoms with Crippen molar-refractivity contribution in [2.24, 2.45) is 0 Å². The van der Waals surface area contributed by atoms with Crippen LogP contribution in [0.25, 0.3) is 0 Å². The zero-order valence-corrected chi connectivity index (χ0v) is 7.73. The monoisotopic (exact) mass is 162 g/mol. The molecule has 0 saturated carbocycles. The normalized spacial score (nSPS) is 13.1. The van der Waals surface area contributed by atoms with E-state index in [-0.39, 0.29) is 0 Å². The minimum atomic E-state index is 0.730. The van der Waals surface area contributed by atoms with Crippen molar-refractivity contribution < 1.29 is 0 Å². The Morgan fingerprint density at radius 1 is 1.56 bits per heavy atom. The van der Waals surface area contributed by atoms with Gasteiger partial charge in [-0.3, -0.25) is 0 Å². The summed E-state index contributed by atoms with van der Waals surface area (Å²) < 4.78 is 0.730. The summed E-state index contributed by atoms with van der Waals surface area (Å²) in [5.41, 5.74) is 0. The predicted octanol–water partition coefficient (Wildman–Crippen LogP) is 3.00. The van der Waals surface area contributed by atoms with Gasteiger partial charge in [0.1, 0.15) is 0 Å². The third kappa shape index (κ3) is 6.32. The zero-order chi connectivity index (χ0) is 7.11. The molecule has 0 heterocycles. The standard InChI is InChI=1S/C7H14S2/c1-4-6-9-7(3)8-5-2/h4,7H,1,5-6H2,2-3H3. The van der Waals surface area contributed by atoms with Crippen LogP contribution < -0.4 is 0 Å². The number of hydrogen-bond donors (Lipinski definition) is 0. The van der Waals surface area contributed by atoms with Gasteiger partial charge in [0.05, 0.1) is 0 Å². The summed E-state index contributed by atoms with van der Waals surface area (Å²) >= 11 is 3.93. The molecule has 1 unspecified atom stereocenters. The van der Waals surface area contributed by atoms with Gasteiger partial charge < -0.3 is 0 Å². The Morgan fingerprint density at radius 3 is 2.67 bits per heavy atom. The molecule has 0 aromatic rings. The Bertz CT molecular complexity index is 71.3. The molecule has 0 aromatic heterocycles. The van der Waals surface area contributed by atoms with Crippen LogP contribution >= 0.6 is 23.5 Å². The molecule has 0 aliphatic heterocycles. The lowest BCUT2D eigenvalue weighted by Gasteiger charge is -2.05. The first-order chi connectivity index (χ1) is 4.31. The van der Waals surface area contributed by atoms with Crippen molar-refractivity contribution in [1.82, 2.24) is 0 Å². The van der Waals surface area contributed by atoms with Crippen LogP contribution in [0, 0.1) is 0 Å². The minimum Gasteiger partial charge on any atom is -0.148 e. The van der Waals surface area contributed by atoms with E-state index in [4.69, 9.17) is 0 Å². The maximum absolute atomic E-state index is 3.66. The number of rotatable bonds is 5. The fourth-order valence-electron chi connectivity index (χ4n) is 0.486. The summed E-state index contributed by atoms with van der Waals surface area (Å²) in [5.74, 6) is 2.29. The van der Waals surface area contributed by atoms with Gasteiger partial charge in [-0.25, -0.2) is 0 Å². The molecule has 0 aliphatic carbocycles. The molecule has 0 fully saturated rings. The van der Waals surface area contributed by atoms with Gasteiger partial charge in [0.15, 0.2) is 0 Å². The van der Waals surface area contributed by atoms with Crippen LogP contribution in [0.15, 0.2) is 12.7 Å². The van der Waals surface area contributed by atoms with E-state index < -0.39 is 0 Å². The smallest absolute Gasteiger partial charge is 0.0477 e. The molecule has 1 atom stereocenters. The van der Waals surface area contributed by atoms with Crippen molar-refractivity contribution in [1.29, 1.82) is 0 Å². The summed E-state index contributed by atoms with van der Waals surface area (Å²) in [4.78, 5) is 0. The highest BCUT2D eigenvalue weighted by molar-refractivity contribution is 8.17. The third-order valence-electron chi connectivity index (χ3n) is 0.850. The Labute approximate surface area is 66.5 Å². The fraction of sp³-hybridized carbons (Fsp3) is 0.714. The Kier molecular flexibility index (Phi) is 6.88. The van der Waals surface area contributed by atoms with Crippen LogP contribution in [0.1, 0.15) is 13.8 Å². The highest BCUT2D eigenvalue weighted by Gasteiger charge is 1.97. The van der Waals surface area contributed by atoms with E-state index >= 15 is 0 Å². The zero-order valence-electron chi connectivity index (χ0n) is 6.09. The van der Waals surface area contributed by atoms with Crippen LogP contribution in [0.5, 0.6) is 0 Å². The maximum Gasteiger partial charge on any atom is 0.0477 e. The minimum absolute atomic E-state index is 0.730. The lowest BCUT2D eigenvalue weighted by molar-refractivity contribution is 1.39. The Hall–Kier alpha value is 0.440. The largest absolute Gasteiger partial charge is 0.148 e. The second kappa shape index (κ2) is 6.56. The van der Waals surface area contributed by atoms with E-state index in [0.29, 0.717) is 0 Å². The summed E-state index contributed by atoms with van der Waals surface area (Å²) in [6, 6.07) is 0. The molecular formula is C7H14S2. The first-order valence-corrected chi connectivity index (χ1v) is 5.25. The van der Waals surface area contributed by atoms with Gasteiger partial charge >= 0.3 is 0 Å². The van der Waals surface area contributed by atoms with E-state index in [1.165, 1.54) is 5.75 Å². The summed E-state index contributed by atoms with van der Waals surface area (Å²) in [6.07, 6.45) is 1.96. The molecule has 0 aliphatic rings. The molecule has 0 nitrogen and oxygen atoms in total. The molecule has 0 spiro atoms. The van der Waals surface area contributed by atoms with Crippen molar-refractivity contribution >= 4 is 23.5 Å². The number of thioether (sulfide) groups is 2. The van der Waals surface area contributed by atoms with E-state index in [1.807, 2.05) is 29.6 Å². The number of hydrogen-bond acceptors (Lipinski definition) is 2. The van der Waals surface area contributed by atoms with E-state index in [1.54, 1.807) is 0 Å². The summed E-state index contributed by atoms with van der Waals surface area (Å²) in [6.45, 7) is 8.09. The van der Waals surface area contributed by atoms with Crippen LogP contribution in [0.2, 0.25) is 0 Å². The second-order valence-corrected chi connectivity index (χ2v) is 4.93. The topological polar surface area (TPSA) is 0 Å². The predicted molar refractivity (Wildman–Crippen MR) is 50.2 cm³/mol. The van der Waals surface area contributed by atoms with Crippen LogP contribution in [-0.4, -0.2) is 16.1 Å². The quantitative estimate of drug-likeness (QED) is 0.450. The van der Waals surface area contributed by atoms with Crippen molar-refractivity contribution in [2.45, 2.75) is 18.4 Å². The highest BCUT2D eigenvalue weighted by Crippen LogP contribution is 2.21. The molecule has 0 bridgehead atoms. The van der Waals surface area contributed by atoms with Crippen molar-refractivity contribution in [3.63, 3.8) is 0 Å². The molecule has 9 heavy (non-hydrogen) atoms. The average Bonchev–Trinajstić information content (AvgIpc) is 1.85. The molecule has 0 radical (unpaired) electrons. The molecule has 54 valence electrons. The van der Waals surface area contributed by atoms with Gasteiger partial charge in [0.25, 0.3) is 0 Å². The summed E-state index contributed by atoms with van der Waals surface area (Å²) in [5, 5.41) is 0. The van der Waals surface area contributed by atoms with E-state index in [2.05, 4.69) is 20.4 Å². The first-order valence-electron chi connectivity index (χ1n) is 3.15. The SMILES string of the molecule is C=CCSC(C)SCC.